The van der Waals surface area contributed by atoms with Crippen LogP contribution in [0.2, 0.25) is 0 Å². The van der Waals surface area contributed by atoms with E-state index in [1.807, 2.05) is 0 Å². The van der Waals surface area contributed by atoms with Gasteiger partial charge in [-0.2, -0.15) is 0 Å². The van der Waals surface area contributed by atoms with Gasteiger partial charge in [0.25, 0.3) is 0 Å². The van der Waals surface area contributed by atoms with E-state index in [0.717, 1.165) is 24.2 Å². The number of hydrogen-bond donors (Lipinski definition) is 0. The topological polar surface area (TPSA) is 3.24 Å². The van der Waals surface area contributed by atoms with Gasteiger partial charge in [0.05, 0.1) is 5.41 Å². The number of fused-ring (bicyclic) bond motifs is 12. The maximum atomic E-state index is 2.45. The van der Waals surface area contributed by atoms with Crippen molar-refractivity contribution in [2.45, 2.75) is 37.5 Å². The lowest BCUT2D eigenvalue weighted by Gasteiger charge is -2.30. The van der Waals surface area contributed by atoms with Crippen molar-refractivity contribution in [3.63, 3.8) is 0 Å². The molecule has 0 aromatic heterocycles. The summed E-state index contributed by atoms with van der Waals surface area (Å²) in [7, 11) is 0. The molecule has 4 aliphatic rings. The lowest BCUT2D eigenvalue weighted by molar-refractivity contribution is 0.651. The van der Waals surface area contributed by atoms with Crippen LogP contribution in [0.1, 0.15) is 60.1 Å². The van der Waals surface area contributed by atoms with E-state index in [1.54, 1.807) is 0 Å². The summed E-state index contributed by atoms with van der Waals surface area (Å²) in [6, 6.07) is 70.4. The summed E-state index contributed by atoms with van der Waals surface area (Å²) in [6.45, 7) is 4.78. The van der Waals surface area contributed by atoms with Crippen LogP contribution in [0.4, 0.5) is 17.1 Å². The number of hydrogen-bond acceptors (Lipinski definition) is 1. The van der Waals surface area contributed by atoms with E-state index in [-0.39, 0.29) is 10.8 Å². The molecule has 59 heavy (non-hydrogen) atoms. The molecular formula is C58H43N. The van der Waals surface area contributed by atoms with Gasteiger partial charge in [0.2, 0.25) is 0 Å². The molecular weight excluding hydrogens is 711 g/mol. The van der Waals surface area contributed by atoms with Crippen LogP contribution in [0.25, 0.3) is 50.1 Å². The van der Waals surface area contributed by atoms with Gasteiger partial charge in [-0.3, -0.25) is 0 Å². The molecule has 8 aromatic rings. The highest BCUT2D eigenvalue weighted by Crippen LogP contribution is 2.63. The Morgan fingerprint density at radius 2 is 0.881 bits per heavy atom. The monoisotopic (exact) mass is 753 g/mol. The van der Waals surface area contributed by atoms with Crippen LogP contribution in [0.15, 0.2) is 206 Å². The summed E-state index contributed by atoms with van der Waals surface area (Å²) in [5.74, 6) is 0. The van der Waals surface area contributed by atoms with Crippen molar-refractivity contribution in [2.75, 3.05) is 4.90 Å². The highest BCUT2D eigenvalue weighted by atomic mass is 15.1. The Morgan fingerprint density at radius 3 is 1.51 bits per heavy atom. The lowest BCUT2D eigenvalue weighted by atomic mass is 9.70. The summed E-state index contributed by atoms with van der Waals surface area (Å²) in [5.41, 5.74) is 24.6. The van der Waals surface area contributed by atoms with E-state index in [0.29, 0.717) is 0 Å². The minimum atomic E-state index is -0.326. The van der Waals surface area contributed by atoms with E-state index in [2.05, 4.69) is 219 Å². The van der Waals surface area contributed by atoms with Crippen LogP contribution in [0, 0.1) is 0 Å². The number of nitrogens with zero attached hydrogens (tertiary/aromatic N) is 1. The standard InChI is InChI=1S/C58H43N/c1-57(2)51-20-10-6-16-45(51)49-34-33-44(37-56(49)57)59(42-29-24-39(25-30-42)38-14-4-3-5-15-38)43-31-26-40(27-32-43)41-28-35-55-50(36-41)48-19-9-13-23-54(48)58(55)52-21-11-7-17-46(52)47-18-8-12-22-53(47)58/h3-5,7-15,17-37H,6,16H2,1-2H3. The Balaban J connectivity index is 0.961. The van der Waals surface area contributed by atoms with Gasteiger partial charge in [-0.05, 0) is 144 Å². The fraction of sp³-hybridized carbons (Fsp3) is 0.103. The predicted molar refractivity (Wildman–Crippen MR) is 247 cm³/mol. The molecule has 4 aliphatic carbocycles. The molecule has 0 unspecified atom stereocenters. The van der Waals surface area contributed by atoms with Gasteiger partial charge in [0.1, 0.15) is 0 Å². The van der Waals surface area contributed by atoms with Crippen LogP contribution in [0.3, 0.4) is 0 Å². The van der Waals surface area contributed by atoms with E-state index in [1.165, 1.54) is 94.7 Å². The summed E-state index contributed by atoms with van der Waals surface area (Å²) in [4.78, 5) is 2.43. The third kappa shape index (κ3) is 4.85. The van der Waals surface area contributed by atoms with Crippen LogP contribution in [0.5, 0.6) is 0 Å². The maximum Gasteiger partial charge on any atom is 0.0725 e. The van der Waals surface area contributed by atoms with Crippen LogP contribution >= 0.6 is 0 Å². The molecule has 0 atom stereocenters. The molecule has 0 radical (unpaired) electrons. The molecule has 8 aromatic carbocycles. The van der Waals surface area contributed by atoms with Gasteiger partial charge in [-0.1, -0.05) is 172 Å². The smallest absolute Gasteiger partial charge is 0.0725 e. The average Bonchev–Trinajstić information content (AvgIpc) is 3.85. The summed E-state index contributed by atoms with van der Waals surface area (Å²) in [5, 5.41) is 0. The van der Waals surface area contributed by atoms with Crippen LogP contribution in [-0.2, 0) is 10.8 Å². The molecule has 0 fully saturated rings. The first kappa shape index (κ1) is 34.1. The molecule has 1 nitrogen and oxygen atoms in total. The SMILES string of the molecule is CC1(C)C2=C(CCC=C2)c2ccc(N(c3ccc(-c4ccccc4)cc3)c3ccc(-c4ccc5c(c4)-c4ccccc4C54c5ccccc5-c5ccccc54)cc3)cc21. The molecule has 0 saturated heterocycles. The van der Waals surface area contributed by atoms with Crippen molar-refractivity contribution in [1.82, 2.24) is 0 Å². The highest BCUT2D eigenvalue weighted by Gasteiger charge is 2.51. The van der Waals surface area contributed by atoms with Gasteiger partial charge in [-0.25, -0.2) is 0 Å². The Hall–Kier alpha value is -6.96. The zero-order valence-corrected chi connectivity index (χ0v) is 33.4. The number of rotatable bonds is 5. The summed E-state index contributed by atoms with van der Waals surface area (Å²) >= 11 is 0. The molecule has 0 N–H and O–H groups in total. The van der Waals surface area contributed by atoms with Gasteiger partial charge >= 0.3 is 0 Å². The first-order valence-corrected chi connectivity index (χ1v) is 21.1. The Bertz CT molecular complexity index is 3000. The lowest BCUT2D eigenvalue weighted by Crippen LogP contribution is -2.25. The molecule has 0 bridgehead atoms. The van der Waals surface area contributed by atoms with E-state index in [9.17, 15) is 0 Å². The Kier molecular flexibility index (Phi) is 7.38. The van der Waals surface area contributed by atoms with Crippen molar-refractivity contribution in [2.24, 2.45) is 0 Å². The summed E-state index contributed by atoms with van der Waals surface area (Å²) < 4.78 is 0. The third-order valence-electron chi connectivity index (χ3n) is 13.8. The van der Waals surface area contributed by atoms with Gasteiger partial charge < -0.3 is 4.90 Å². The van der Waals surface area contributed by atoms with Gasteiger partial charge in [0.15, 0.2) is 0 Å². The predicted octanol–water partition coefficient (Wildman–Crippen LogP) is 15.2. The fourth-order valence-corrected chi connectivity index (χ4v) is 11.1. The quantitative estimate of drug-likeness (QED) is 0.169. The van der Waals surface area contributed by atoms with Gasteiger partial charge in [-0.15, -0.1) is 0 Å². The molecule has 0 saturated carbocycles. The minimum Gasteiger partial charge on any atom is -0.310 e. The molecule has 1 spiro atoms. The normalized spacial score (nSPS) is 15.6. The Morgan fingerprint density at radius 1 is 0.390 bits per heavy atom. The minimum absolute atomic E-state index is 0.0439. The second-order valence-electron chi connectivity index (χ2n) is 17.1. The first-order chi connectivity index (χ1) is 29.0. The zero-order valence-electron chi connectivity index (χ0n) is 33.4. The van der Waals surface area contributed by atoms with Crippen molar-refractivity contribution in [1.29, 1.82) is 0 Å². The van der Waals surface area contributed by atoms with Crippen LogP contribution in [-0.4, -0.2) is 0 Å². The first-order valence-electron chi connectivity index (χ1n) is 21.1. The summed E-state index contributed by atoms with van der Waals surface area (Å²) in [6.07, 6.45) is 6.95. The molecule has 12 rings (SSSR count). The van der Waals surface area contributed by atoms with Gasteiger partial charge in [0, 0.05) is 22.5 Å². The van der Waals surface area contributed by atoms with E-state index >= 15 is 0 Å². The van der Waals surface area contributed by atoms with E-state index < -0.39 is 0 Å². The van der Waals surface area contributed by atoms with Crippen molar-refractivity contribution < 1.29 is 0 Å². The van der Waals surface area contributed by atoms with Crippen molar-refractivity contribution in [3.05, 3.63) is 239 Å². The molecule has 0 aliphatic heterocycles. The molecule has 0 heterocycles. The fourth-order valence-electron chi connectivity index (χ4n) is 11.1. The third-order valence-corrected chi connectivity index (χ3v) is 13.8. The molecule has 1 heteroatoms. The maximum absolute atomic E-state index is 2.45. The molecule has 0 amide bonds. The molecule has 280 valence electrons. The second-order valence-corrected chi connectivity index (χ2v) is 17.1. The number of benzene rings is 8. The Labute approximate surface area is 347 Å². The number of allylic oxidation sites excluding steroid dienone is 4. The largest absolute Gasteiger partial charge is 0.310 e. The zero-order chi connectivity index (χ0) is 39.3. The van der Waals surface area contributed by atoms with Crippen molar-refractivity contribution in [3.8, 4) is 44.5 Å². The average molecular weight is 754 g/mol. The van der Waals surface area contributed by atoms with E-state index in [4.69, 9.17) is 0 Å². The highest BCUT2D eigenvalue weighted by molar-refractivity contribution is 5.96. The van der Waals surface area contributed by atoms with Crippen molar-refractivity contribution >= 4 is 22.6 Å². The van der Waals surface area contributed by atoms with Crippen LogP contribution < -0.4 is 4.90 Å². The second kappa shape index (κ2) is 12.8. The number of anilines is 3.